The normalized spacial score (nSPS) is 22.7. The first kappa shape index (κ1) is 14.0. The minimum atomic E-state index is -0.842. The number of carboxylic acids is 1. The van der Waals surface area contributed by atoms with Crippen LogP contribution >= 0.6 is 11.8 Å². The molecule has 2 rings (SSSR count). The van der Waals surface area contributed by atoms with Crippen LogP contribution in [0.25, 0.3) is 0 Å². The van der Waals surface area contributed by atoms with E-state index in [0.717, 1.165) is 11.5 Å². The van der Waals surface area contributed by atoms with Crippen molar-refractivity contribution in [2.75, 3.05) is 19.3 Å². The number of amides is 1. The minimum Gasteiger partial charge on any atom is -0.481 e. The topological polar surface area (TPSA) is 70.8 Å². The molecule has 1 aliphatic heterocycles. The van der Waals surface area contributed by atoms with Gasteiger partial charge < -0.3 is 14.4 Å². The highest BCUT2D eigenvalue weighted by atomic mass is 32.2. The molecule has 2 heterocycles. The fraction of sp³-hybridized carbons (Fsp3) is 0.538. The van der Waals surface area contributed by atoms with E-state index in [-0.39, 0.29) is 18.4 Å². The van der Waals surface area contributed by atoms with E-state index < -0.39 is 11.9 Å². The van der Waals surface area contributed by atoms with E-state index in [4.69, 9.17) is 9.52 Å². The highest BCUT2D eigenvalue weighted by Crippen LogP contribution is 2.25. The number of thioether (sulfide) groups is 1. The van der Waals surface area contributed by atoms with Gasteiger partial charge in [0.25, 0.3) is 5.91 Å². The lowest BCUT2D eigenvalue weighted by molar-refractivity contribution is -0.142. The number of hydrogen-bond donors (Lipinski definition) is 1. The third-order valence-corrected chi connectivity index (χ3v) is 3.95. The van der Waals surface area contributed by atoms with E-state index in [9.17, 15) is 9.59 Å². The number of carboxylic acid groups (broad SMARTS) is 1. The summed E-state index contributed by atoms with van der Waals surface area (Å²) in [6.45, 7) is 2.58. The quantitative estimate of drug-likeness (QED) is 0.914. The molecule has 0 aromatic carbocycles. The van der Waals surface area contributed by atoms with Gasteiger partial charge in [0, 0.05) is 13.1 Å². The number of aliphatic carboxylic acids is 1. The van der Waals surface area contributed by atoms with Gasteiger partial charge in [0.15, 0.2) is 5.76 Å². The molecule has 0 unspecified atom stereocenters. The number of nitrogens with zero attached hydrogens (tertiary/aromatic N) is 1. The van der Waals surface area contributed by atoms with Crippen LogP contribution in [0.15, 0.2) is 16.5 Å². The van der Waals surface area contributed by atoms with Crippen LogP contribution in [0, 0.1) is 11.8 Å². The molecule has 1 N–H and O–H groups in total. The summed E-state index contributed by atoms with van der Waals surface area (Å²) in [5, 5.41) is 9.06. The number of carbonyl (C=O) groups is 2. The van der Waals surface area contributed by atoms with Gasteiger partial charge in [-0.3, -0.25) is 9.59 Å². The van der Waals surface area contributed by atoms with Gasteiger partial charge in [-0.05, 0) is 24.3 Å². The third-order valence-electron chi connectivity index (χ3n) is 3.38. The largest absolute Gasteiger partial charge is 0.481 e. The summed E-state index contributed by atoms with van der Waals surface area (Å²) in [5.74, 6) is 0.210. The van der Waals surface area contributed by atoms with Crippen molar-refractivity contribution >= 4 is 23.6 Å². The van der Waals surface area contributed by atoms with E-state index in [2.05, 4.69) is 0 Å². The monoisotopic (exact) mass is 283 g/mol. The van der Waals surface area contributed by atoms with Gasteiger partial charge in [-0.1, -0.05) is 6.92 Å². The SMILES string of the molecule is CSCc1ccc(C(=O)N2C[C@@H](C)[C@H](C(=O)O)C2)o1. The highest BCUT2D eigenvalue weighted by molar-refractivity contribution is 7.97. The van der Waals surface area contributed by atoms with Crippen LogP contribution in [0.5, 0.6) is 0 Å². The summed E-state index contributed by atoms with van der Waals surface area (Å²) in [6, 6.07) is 3.45. The maximum atomic E-state index is 12.2. The first-order chi connectivity index (χ1) is 9.02. The van der Waals surface area contributed by atoms with Crippen molar-refractivity contribution < 1.29 is 19.1 Å². The molecule has 2 atom stereocenters. The van der Waals surface area contributed by atoms with Crippen molar-refractivity contribution in [1.29, 1.82) is 0 Å². The summed E-state index contributed by atoms with van der Waals surface area (Å²) >= 11 is 1.62. The van der Waals surface area contributed by atoms with Crippen molar-refractivity contribution in [3.63, 3.8) is 0 Å². The molecule has 0 spiro atoms. The molecule has 1 amide bonds. The summed E-state index contributed by atoms with van der Waals surface area (Å²) in [7, 11) is 0. The third kappa shape index (κ3) is 2.94. The Hall–Kier alpha value is -1.43. The Labute approximate surface area is 116 Å². The molecule has 5 nitrogen and oxygen atoms in total. The van der Waals surface area contributed by atoms with Gasteiger partial charge in [-0.25, -0.2) is 0 Å². The van der Waals surface area contributed by atoms with Crippen molar-refractivity contribution in [2.24, 2.45) is 11.8 Å². The van der Waals surface area contributed by atoms with Crippen LogP contribution < -0.4 is 0 Å². The van der Waals surface area contributed by atoms with Gasteiger partial charge >= 0.3 is 5.97 Å². The second kappa shape index (κ2) is 5.69. The standard InChI is InChI=1S/C13H17NO4S/c1-8-5-14(6-10(8)13(16)17)12(15)11-4-3-9(18-11)7-19-2/h3-4,8,10H,5-7H2,1-2H3,(H,16,17)/t8-,10-/m1/s1. The molecular formula is C13H17NO4S. The number of rotatable bonds is 4. The molecule has 19 heavy (non-hydrogen) atoms. The molecular weight excluding hydrogens is 266 g/mol. The second-order valence-electron chi connectivity index (χ2n) is 4.83. The van der Waals surface area contributed by atoms with Gasteiger partial charge in [-0.2, -0.15) is 11.8 Å². The zero-order valence-corrected chi connectivity index (χ0v) is 11.8. The highest BCUT2D eigenvalue weighted by Gasteiger charge is 2.37. The molecule has 0 radical (unpaired) electrons. The average molecular weight is 283 g/mol. The molecule has 1 aliphatic rings. The lowest BCUT2D eigenvalue weighted by Crippen LogP contribution is -2.29. The molecule has 6 heteroatoms. The Bertz CT molecular complexity index is 485. The average Bonchev–Trinajstić information content (AvgIpc) is 2.95. The lowest BCUT2D eigenvalue weighted by Gasteiger charge is -2.13. The van der Waals surface area contributed by atoms with Gasteiger partial charge in [0.1, 0.15) is 5.76 Å². The summed E-state index contributed by atoms with van der Waals surface area (Å²) in [5.41, 5.74) is 0. The Kier molecular flexibility index (Phi) is 4.19. The Morgan fingerprint density at radius 2 is 2.21 bits per heavy atom. The van der Waals surface area contributed by atoms with E-state index >= 15 is 0 Å². The first-order valence-corrected chi connectivity index (χ1v) is 7.52. The van der Waals surface area contributed by atoms with E-state index in [1.54, 1.807) is 28.8 Å². The molecule has 0 bridgehead atoms. The molecule has 1 saturated heterocycles. The zero-order chi connectivity index (χ0) is 14.0. The fourth-order valence-corrected chi connectivity index (χ4v) is 2.76. The van der Waals surface area contributed by atoms with Crippen LogP contribution in [0.4, 0.5) is 0 Å². The summed E-state index contributed by atoms with van der Waals surface area (Å²) in [6.07, 6.45) is 1.96. The summed E-state index contributed by atoms with van der Waals surface area (Å²) in [4.78, 5) is 24.8. The smallest absolute Gasteiger partial charge is 0.308 e. The molecule has 1 aromatic rings. The van der Waals surface area contributed by atoms with Crippen LogP contribution in [0.1, 0.15) is 23.2 Å². The van der Waals surface area contributed by atoms with Crippen LogP contribution in [0.2, 0.25) is 0 Å². The molecule has 0 aliphatic carbocycles. The number of hydrogen-bond acceptors (Lipinski definition) is 4. The molecule has 1 aromatic heterocycles. The van der Waals surface area contributed by atoms with Crippen LogP contribution in [-0.2, 0) is 10.5 Å². The zero-order valence-electron chi connectivity index (χ0n) is 11.0. The number of likely N-dealkylation sites (tertiary alicyclic amines) is 1. The maximum Gasteiger partial charge on any atom is 0.308 e. The van der Waals surface area contributed by atoms with Crippen molar-refractivity contribution in [1.82, 2.24) is 4.90 Å². The number of carbonyl (C=O) groups excluding carboxylic acids is 1. The Morgan fingerprint density at radius 3 is 2.79 bits per heavy atom. The summed E-state index contributed by atoms with van der Waals surface area (Å²) < 4.78 is 5.47. The van der Waals surface area contributed by atoms with Crippen molar-refractivity contribution in [2.45, 2.75) is 12.7 Å². The lowest BCUT2D eigenvalue weighted by atomic mass is 9.99. The predicted octanol–water partition coefficient (Wildman–Crippen LogP) is 1.94. The van der Waals surface area contributed by atoms with Crippen LogP contribution in [-0.4, -0.2) is 41.2 Å². The molecule has 0 saturated carbocycles. The van der Waals surface area contributed by atoms with Gasteiger partial charge in [-0.15, -0.1) is 0 Å². The van der Waals surface area contributed by atoms with E-state index in [1.165, 1.54) is 0 Å². The van der Waals surface area contributed by atoms with Gasteiger partial charge in [0.05, 0.1) is 11.7 Å². The molecule has 1 fully saturated rings. The second-order valence-corrected chi connectivity index (χ2v) is 5.70. The Balaban J connectivity index is 2.06. The molecule has 104 valence electrons. The number of furan rings is 1. The maximum absolute atomic E-state index is 12.2. The van der Waals surface area contributed by atoms with Crippen molar-refractivity contribution in [3.05, 3.63) is 23.7 Å². The van der Waals surface area contributed by atoms with Gasteiger partial charge in [0.2, 0.25) is 0 Å². The minimum absolute atomic E-state index is 0.0259. The Morgan fingerprint density at radius 1 is 1.47 bits per heavy atom. The van der Waals surface area contributed by atoms with Crippen LogP contribution in [0.3, 0.4) is 0 Å². The predicted molar refractivity (Wildman–Crippen MR) is 72.1 cm³/mol. The van der Waals surface area contributed by atoms with Crippen molar-refractivity contribution in [3.8, 4) is 0 Å². The van der Waals surface area contributed by atoms with E-state index in [1.807, 2.05) is 13.2 Å². The first-order valence-electron chi connectivity index (χ1n) is 6.12. The van der Waals surface area contributed by atoms with E-state index in [0.29, 0.717) is 12.3 Å². The fourth-order valence-electron chi connectivity index (χ4n) is 2.32.